The number of carbonyl (C=O) groups excluding carboxylic acids is 1. The summed E-state index contributed by atoms with van der Waals surface area (Å²) >= 11 is 0. The number of carbonyl (C=O) groups is 1. The molecule has 5 rings (SSSR count). The van der Waals surface area contributed by atoms with Crippen LogP contribution in [0.5, 0.6) is 0 Å². The Kier molecular flexibility index (Phi) is 5.04. The predicted octanol–water partition coefficient (Wildman–Crippen LogP) is 2.84. The van der Waals surface area contributed by atoms with E-state index in [0.717, 1.165) is 23.2 Å². The Morgan fingerprint density at radius 1 is 0.938 bits per heavy atom. The van der Waals surface area contributed by atoms with E-state index in [1.54, 1.807) is 13.8 Å². The molecule has 0 saturated heterocycles. The zero-order valence-corrected chi connectivity index (χ0v) is 19.1. The number of benzene rings is 2. The first kappa shape index (κ1) is 20.8. The van der Waals surface area contributed by atoms with Crippen molar-refractivity contribution in [2.75, 3.05) is 17.4 Å². The van der Waals surface area contributed by atoms with Gasteiger partial charge in [-0.2, -0.15) is 5.10 Å². The van der Waals surface area contributed by atoms with Crippen LogP contribution in [0.1, 0.15) is 28.1 Å². The number of aromatic nitrogens is 2. The molecule has 0 saturated carbocycles. The molecular formula is C24H26N4O3S. The predicted molar refractivity (Wildman–Crippen MR) is 122 cm³/mol. The highest BCUT2D eigenvalue weighted by Crippen LogP contribution is 2.34. The number of hydrogen-bond donors (Lipinski definition) is 0. The highest BCUT2D eigenvalue weighted by Gasteiger charge is 2.35. The molecule has 3 heterocycles. The number of anilines is 1. The van der Waals surface area contributed by atoms with Gasteiger partial charge >= 0.3 is 0 Å². The van der Waals surface area contributed by atoms with Crippen LogP contribution >= 0.6 is 0 Å². The number of nitrogens with zero attached hydrogens (tertiary/aromatic N) is 4. The Morgan fingerprint density at radius 3 is 2.38 bits per heavy atom. The molecule has 0 fully saturated rings. The van der Waals surface area contributed by atoms with Gasteiger partial charge in [-0.25, -0.2) is 8.42 Å². The first-order valence-electron chi connectivity index (χ1n) is 10.9. The van der Waals surface area contributed by atoms with Gasteiger partial charge in [0.05, 0.1) is 17.1 Å². The minimum Gasteiger partial charge on any atom is -0.336 e. The molecule has 2 aromatic carbocycles. The van der Waals surface area contributed by atoms with Gasteiger partial charge in [0.15, 0.2) is 0 Å². The van der Waals surface area contributed by atoms with Crippen LogP contribution in [0.25, 0.3) is 0 Å². The number of fused-ring (bicyclic) bond motifs is 2. The van der Waals surface area contributed by atoms with Gasteiger partial charge in [-0.05, 0) is 49.4 Å². The fraction of sp³-hybridized carbons (Fsp3) is 0.333. The van der Waals surface area contributed by atoms with Gasteiger partial charge in [-0.1, -0.05) is 42.5 Å². The molecule has 2 aliphatic heterocycles. The van der Waals surface area contributed by atoms with Crippen molar-refractivity contribution in [2.45, 2.75) is 44.7 Å². The average Bonchev–Trinajstić information content (AvgIpc) is 3.34. The fourth-order valence-corrected chi connectivity index (χ4v) is 6.69. The lowest BCUT2D eigenvalue weighted by atomic mass is 10.00. The number of aryl methyl sites for hydroxylation is 1. The molecule has 2 aliphatic rings. The van der Waals surface area contributed by atoms with Crippen molar-refractivity contribution < 1.29 is 13.2 Å². The SMILES string of the molecule is Cc1nn(CC(=O)N2CCc3ccccc3C2)c(C)c1S(=O)(=O)N1CCc2ccccc21. The lowest BCUT2D eigenvalue weighted by Crippen LogP contribution is -2.38. The maximum atomic E-state index is 13.6. The normalized spacial score (nSPS) is 15.6. The molecular weight excluding hydrogens is 424 g/mol. The highest BCUT2D eigenvalue weighted by molar-refractivity contribution is 7.93. The van der Waals surface area contributed by atoms with E-state index in [4.69, 9.17) is 0 Å². The van der Waals surface area contributed by atoms with E-state index < -0.39 is 10.0 Å². The number of para-hydroxylation sites is 1. The Morgan fingerprint density at radius 2 is 1.59 bits per heavy atom. The van der Waals surface area contributed by atoms with E-state index in [1.165, 1.54) is 14.6 Å². The maximum Gasteiger partial charge on any atom is 0.268 e. The molecule has 1 amide bonds. The molecule has 7 nitrogen and oxygen atoms in total. The second kappa shape index (κ2) is 7.78. The smallest absolute Gasteiger partial charge is 0.268 e. The molecule has 0 aliphatic carbocycles. The van der Waals surface area contributed by atoms with Crippen LogP contribution < -0.4 is 4.31 Å². The van der Waals surface area contributed by atoms with E-state index in [9.17, 15) is 13.2 Å². The largest absolute Gasteiger partial charge is 0.336 e. The summed E-state index contributed by atoms with van der Waals surface area (Å²) in [6, 6.07) is 15.7. The zero-order valence-electron chi connectivity index (χ0n) is 18.3. The minimum absolute atomic E-state index is 0.0287. The fourth-order valence-electron chi connectivity index (χ4n) is 4.81. The Bertz CT molecular complexity index is 1310. The van der Waals surface area contributed by atoms with Crippen LogP contribution in [0.3, 0.4) is 0 Å². The number of hydrogen-bond acceptors (Lipinski definition) is 4. The van der Waals surface area contributed by atoms with Crippen LogP contribution in [0.4, 0.5) is 5.69 Å². The Balaban J connectivity index is 1.40. The Labute approximate surface area is 188 Å². The molecule has 32 heavy (non-hydrogen) atoms. The molecule has 0 radical (unpaired) electrons. The molecule has 0 atom stereocenters. The average molecular weight is 451 g/mol. The van der Waals surface area contributed by atoms with Gasteiger partial charge in [0.25, 0.3) is 10.0 Å². The van der Waals surface area contributed by atoms with Gasteiger partial charge in [0, 0.05) is 19.6 Å². The van der Waals surface area contributed by atoms with Gasteiger partial charge in [-0.15, -0.1) is 0 Å². The maximum absolute atomic E-state index is 13.6. The first-order chi connectivity index (χ1) is 15.4. The van der Waals surface area contributed by atoms with Crippen molar-refractivity contribution in [1.29, 1.82) is 0 Å². The van der Waals surface area contributed by atoms with Gasteiger partial charge < -0.3 is 4.90 Å². The lowest BCUT2D eigenvalue weighted by Gasteiger charge is -2.29. The number of amides is 1. The molecule has 166 valence electrons. The first-order valence-corrected chi connectivity index (χ1v) is 12.3. The van der Waals surface area contributed by atoms with Crippen molar-refractivity contribution in [2.24, 2.45) is 0 Å². The van der Waals surface area contributed by atoms with E-state index in [2.05, 4.69) is 17.2 Å². The molecule has 0 spiro atoms. The standard InChI is InChI=1S/C24H26N4O3S/c1-17-24(32(30,31)28-14-12-20-8-5-6-10-22(20)28)18(2)27(25-17)16-23(29)26-13-11-19-7-3-4-9-21(19)15-26/h3-10H,11-16H2,1-2H3. The molecule has 0 N–H and O–H groups in total. The third-order valence-corrected chi connectivity index (χ3v) is 8.54. The third kappa shape index (κ3) is 3.39. The quantitative estimate of drug-likeness (QED) is 0.613. The monoisotopic (exact) mass is 450 g/mol. The van der Waals surface area contributed by atoms with Crippen molar-refractivity contribution in [3.63, 3.8) is 0 Å². The molecule has 1 aromatic heterocycles. The lowest BCUT2D eigenvalue weighted by molar-refractivity contribution is -0.133. The van der Waals surface area contributed by atoms with Crippen molar-refractivity contribution >= 4 is 21.6 Å². The van der Waals surface area contributed by atoms with Crippen LogP contribution in [-0.4, -0.2) is 42.1 Å². The summed E-state index contributed by atoms with van der Waals surface area (Å²) in [6.45, 7) is 5.10. The number of rotatable bonds is 4. The zero-order chi connectivity index (χ0) is 22.5. The van der Waals surface area contributed by atoms with Gasteiger partial charge in [0.2, 0.25) is 5.91 Å². The van der Waals surface area contributed by atoms with E-state index in [1.807, 2.05) is 41.3 Å². The number of sulfonamides is 1. The van der Waals surface area contributed by atoms with Gasteiger partial charge in [0.1, 0.15) is 11.4 Å². The van der Waals surface area contributed by atoms with E-state index in [-0.39, 0.29) is 17.3 Å². The van der Waals surface area contributed by atoms with Crippen molar-refractivity contribution in [3.05, 3.63) is 76.6 Å². The molecule has 8 heteroatoms. The summed E-state index contributed by atoms with van der Waals surface area (Å²) < 4.78 is 30.1. The molecule has 0 unspecified atom stereocenters. The van der Waals surface area contributed by atoms with Crippen molar-refractivity contribution in [1.82, 2.24) is 14.7 Å². The summed E-state index contributed by atoms with van der Waals surface area (Å²) in [6.07, 6.45) is 1.52. The minimum atomic E-state index is -3.77. The van der Waals surface area contributed by atoms with Crippen LogP contribution in [0.15, 0.2) is 53.4 Å². The summed E-state index contributed by atoms with van der Waals surface area (Å²) in [5.74, 6) is -0.0550. The summed E-state index contributed by atoms with van der Waals surface area (Å²) in [7, 11) is -3.77. The van der Waals surface area contributed by atoms with E-state index in [0.29, 0.717) is 37.4 Å². The summed E-state index contributed by atoms with van der Waals surface area (Å²) in [5, 5.41) is 4.45. The van der Waals surface area contributed by atoms with Crippen LogP contribution in [0, 0.1) is 13.8 Å². The highest BCUT2D eigenvalue weighted by atomic mass is 32.2. The molecule has 0 bridgehead atoms. The second-order valence-corrected chi connectivity index (χ2v) is 10.2. The summed E-state index contributed by atoms with van der Waals surface area (Å²) in [4.78, 5) is 15.0. The van der Waals surface area contributed by atoms with Crippen LogP contribution in [0.2, 0.25) is 0 Å². The molecule has 3 aromatic rings. The second-order valence-electron chi connectivity index (χ2n) is 8.45. The third-order valence-electron chi connectivity index (χ3n) is 6.48. The van der Waals surface area contributed by atoms with E-state index >= 15 is 0 Å². The topological polar surface area (TPSA) is 75.5 Å². The van der Waals surface area contributed by atoms with Gasteiger partial charge in [-0.3, -0.25) is 13.8 Å². The van der Waals surface area contributed by atoms with Crippen LogP contribution in [-0.2, 0) is 40.7 Å². The summed E-state index contributed by atoms with van der Waals surface area (Å²) in [5.41, 5.74) is 5.11. The van der Waals surface area contributed by atoms with Crippen molar-refractivity contribution in [3.8, 4) is 0 Å². The Hall–Kier alpha value is -3.13.